The molecule has 1 aliphatic heterocycles. The lowest BCUT2D eigenvalue weighted by Gasteiger charge is -2.22. The van der Waals surface area contributed by atoms with Crippen LogP contribution in [0.15, 0.2) is 28.7 Å². The van der Waals surface area contributed by atoms with E-state index in [9.17, 15) is 5.11 Å². The second-order valence-corrected chi connectivity index (χ2v) is 5.23. The predicted octanol–water partition coefficient (Wildman–Crippen LogP) is 2.28. The fraction of sp³-hybridized carbons (Fsp3) is 0.538. The maximum absolute atomic E-state index is 9.20. The van der Waals surface area contributed by atoms with Crippen LogP contribution < -0.4 is 4.74 Å². The molecule has 0 aromatic heterocycles. The standard InChI is InChI=1S/C13H18BrNO2/c14-11-3-5-13(6-4-11)17-9-8-15-7-1-2-12(15)10-16/h3-6,12,16H,1-2,7-10H2/t12-/m0/s1. The first-order chi connectivity index (χ1) is 8.29. The monoisotopic (exact) mass is 299 g/mol. The minimum absolute atomic E-state index is 0.262. The second-order valence-electron chi connectivity index (χ2n) is 4.32. The SMILES string of the molecule is OC[C@@H]1CCCN1CCOc1ccc(Br)cc1. The Bertz CT molecular complexity index is 342. The summed E-state index contributed by atoms with van der Waals surface area (Å²) < 4.78 is 6.73. The van der Waals surface area contributed by atoms with Crippen molar-refractivity contribution in [2.45, 2.75) is 18.9 Å². The van der Waals surface area contributed by atoms with Crippen LogP contribution in [0.2, 0.25) is 0 Å². The Morgan fingerprint density at radius 2 is 2.12 bits per heavy atom. The number of aliphatic hydroxyl groups is 1. The first-order valence-corrected chi connectivity index (χ1v) is 6.82. The molecule has 1 fully saturated rings. The summed E-state index contributed by atoms with van der Waals surface area (Å²) in [5, 5.41) is 9.20. The Morgan fingerprint density at radius 1 is 1.35 bits per heavy atom. The van der Waals surface area contributed by atoms with Crippen LogP contribution in [0.25, 0.3) is 0 Å². The van der Waals surface area contributed by atoms with Gasteiger partial charge in [-0.05, 0) is 43.7 Å². The zero-order valence-electron chi connectivity index (χ0n) is 9.81. The number of rotatable bonds is 5. The van der Waals surface area contributed by atoms with Crippen molar-refractivity contribution in [1.29, 1.82) is 0 Å². The summed E-state index contributed by atoms with van der Waals surface area (Å²) in [6, 6.07) is 8.20. The van der Waals surface area contributed by atoms with Crippen molar-refractivity contribution in [3.63, 3.8) is 0 Å². The number of aliphatic hydroxyl groups excluding tert-OH is 1. The topological polar surface area (TPSA) is 32.7 Å². The molecule has 0 amide bonds. The molecule has 1 saturated heterocycles. The molecule has 17 heavy (non-hydrogen) atoms. The molecule has 0 aliphatic carbocycles. The lowest BCUT2D eigenvalue weighted by molar-refractivity contribution is 0.139. The Kier molecular flexibility index (Phi) is 4.83. The molecule has 0 saturated carbocycles. The third-order valence-electron chi connectivity index (χ3n) is 3.17. The van der Waals surface area contributed by atoms with E-state index < -0.39 is 0 Å². The van der Waals surface area contributed by atoms with Gasteiger partial charge in [0.15, 0.2) is 0 Å². The van der Waals surface area contributed by atoms with Crippen LogP contribution in [0, 0.1) is 0 Å². The van der Waals surface area contributed by atoms with E-state index in [1.54, 1.807) is 0 Å². The Balaban J connectivity index is 1.74. The van der Waals surface area contributed by atoms with E-state index >= 15 is 0 Å². The summed E-state index contributed by atoms with van der Waals surface area (Å²) in [5.41, 5.74) is 0. The highest BCUT2D eigenvalue weighted by molar-refractivity contribution is 9.10. The van der Waals surface area contributed by atoms with Crippen LogP contribution in [-0.4, -0.2) is 42.4 Å². The normalized spacial score (nSPS) is 20.7. The molecule has 1 aliphatic rings. The molecule has 1 N–H and O–H groups in total. The van der Waals surface area contributed by atoms with Gasteiger partial charge >= 0.3 is 0 Å². The van der Waals surface area contributed by atoms with Gasteiger partial charge in [-0.2, -0.15) is 0 Å². The third kappa shape index (κ3) is 3.69. The first kappa shape index (κ1) is 12.9. The van der Waals surface area contributed by atoms with Gasteiger partial charge in [0.25, 0.3) is 0 Å². The quantitative estimate of drug-likeness (QED) is 0.905. The molecule has 0 spiro atoms. The summed E-state index contributed by atoms with van der Waals surface area (Å²) in [4.78, 5) is 2.30. The number of likely N-dealkylation sites (tertiary alicyclic amines) is 1. The molecule has 0 unspecified atom stereocenters. The van der Waals surface area contributed by atoms with Gasteiger partial charge in [-0.15, -0.1) is 0 Å². The smallest absolute Gasteiger partial charge is 0.119 e. The summed E-state index contributed by atoms with van der Waals surface area (Å²) >= 11 is 3.39. The Hall–Kier alpha value is -0.580. The maximum Gasteiger partial charge on any atom is 0.119 e. The van der Waals surface area contributed by atoms with E-state index in [0.29, 0.717) is 12.6 Å². The van der Waals surface area contributed by atoms with Crippen molar-refractivity contribution < 1.29 is 9.84 Å². The number of nitrogens with zero attached hydrogens (tertiary/aromatic N) is 1. The predicted molar refractivity (Wildman–Crippen MR) is 71.3 cm³/mol. The molecule has 1 heterocycles. The van der Waals surface area contributed by atoms with E-state index in [0.717, 1.165) is 29.7 Å². The average molecular weight is 300 g/mol. The van der Waals surface area contributed by atoms with E-state index in [1.807, 2.05) is 24.3 Å². The zero-order chi connectivity index (χ0) is 12.1. The summed E-state index contributed by atoms with van der Waals surface area (Å²) in [5.74, 6) is 0.896. The van der Waals surface area contributed by atoms with Gasteiger partial charge in [0.2, 0.25) is 0 Å². The molecular formula is C13H18BrNO2. The van der Waals surface area contributed by atoms with Gasteiger partial charge < -0.3 is 9.84 Å². The number of halogens is 1. The largest absolute Gasteiger partial charge is 0.492 e. The van der Waals surface area contributed by atoms with Gasteiger partial charge in [0.05, 0.1) is 6.61 Å². The summed E-state index contributed by atoms with van der Waals surface area (Å²) in [6.45, 7) is 2.91. The van der Waals surface area contributed by atoms with Crippen LogP contribution in [-0.2, 0) is 0 Å². The van der Waals surface area contributed by atoms with Crippen molar-refractivity contribution >= 4 is 15.9 Å². The van der Waals surface area contributed by atoms with E-state index in [1.165, 1.54) is 6.42 Å². The number of benzene rings is 1. The fourth-order valence-corrected chi connectivity index (χ4v) is 2.47. The van der Waals surface area contributed by atoms with Gasteiger partial charge in [-0.25, -0.2) is 0 Å². The van der Waals surface area contributed by atoms with Gasteiger partial charge in [-0.3, -0.25) is 4.90 Å². The van der Waals surface area contributed by atoms with Crippen molar-refractivity contribution in [1.82, 2.24) is 4.90 Å². The van der Waals surface area contributed by atoms with Crippen LogP contribution >= 0.6 is 15.9 Å². The van der Waals surface area contributed by atoms with Gasteiger partial charge in [0, 0.05) is 17.1 Å². The molecule has 0 radical (unpaired) electrons. The summed E-state index contributed by atoms with van der Waals surface area (Å²) in [6.07, 6.45) is 2.29. The highest BCUT2D eigenvalue weighted by Crippen LogP contribution is 2.18. The van der Waals surface area contributed by atoms with Gasteiger partial charge in [0.1, 0.15) is 12.4 Å². The lowest BCUT2D eigenvalue weighted by atomic mass is 10.2. The number of hydrogen-bond donors (Lipinski definition) is 1. The van der Waals surface area contributed by atoms with E-state index in [4.69, 9.17) is 4.74 Å². The highest BCUT2D eigenvalue weighted by atomic mass is 79.9. The zero-order valence-corrected chi connectivity index (χ0v) is 11.4. The second kappa shape index (κ2) is 6.38. The Labute approximate surface area is 111 Å². The minimum Gasteiger partial charge on any atom is -0.492 e. The van der Waals surface area contributed by atoms with Gasteiger partial charge in [-0.1, -0.05) is 15.9 Å². The molecular weight excluding hydrogens is 282 g/mol. The first-order valence-electron chi connectivity index (χ1n) is 6.03. The molecule has 94 valence electrons. The lowest BCUT2D eigenvalue weighted by Crippen LogP contribution is -2.35. The molecule has 2 rings (SSSR count). The number of hydrogen-bond acceptors (Lipinski definition) is 3. The average Bonchev–Trinajstić information content (AvgIpc) is 2.79. The molecule has 3 nitrogen and oxygen atoms in total. The van der Waals surface area contributed by atoms with Crippen molar-refractivity contribution in [3.8, 4) is 5.75 Å². The van der Waals surface area contributed by atoms with Crippen molar-refractivity contribution in [2.24, 2.45) is 0 Å². The molecule has 4 heteroatoms. The fourth-order valence-electron chi connectivity index (χ4n) is 2.21. The maximum atomic E-state index is 9.20. The third-order valence-corrected chi connectivity index (χ3v) is 3.70. The minimum atomic E-state index is 0.262. The van der Waals surface area contributed by atoms with Crippen LogP contribution in [0.1, 0.15) is 12.8 Å². The van der Waals surface area contributed by atoms with E-state index in [2.05, 4.69) is 20.8 Å². The highest BCUT2D eigenvalue weighted by Gasteiger charge is 2.22. The van der Waals surface area contributed by atoms with Crippen LogP contribution in [0.5, 0.6) is 5.75 Å². The molecule has 1 aromatic rings. The Morgan fingerprint density at radius 3 is 2.82 bits per heavy atom. The number of ether oxygens (including phenoxy) is 1. The van der Waals surface area contributed by atoms with Crippen LogP contribution in [0.3, 0.4) is 0 Å². The van der Waals surface area contributed by atoms with Crippen LogP contribution in [0.4, 0.5) is 0 Å². The molecule has 0 bridgehead atoms. The van der Waals surface area contributed by atoms with Crippen molar-refractivity contribution in [3.05, 3.63) is 28.7 Å². The van der Waals surface area contributed by atoms with E-state index in [-0.39, 0.29) is 6.61 Å². The summed E-state index contributed by atoms with van der Waals surface area (Å²) in [7, 11) is 0. The molecule has 1 atom stereocenters. The van der Waals surface area contributed by atoms with Crippen molar-refractivity contribution in [2.75, 3.05) is 26.3 Å². The molecule has 1 aromatic carbocycles.